The lowest BCUT2D eigenvalue weighted by Crippen LogP contribution is -2.07. The first kappa shape index (κ1) is 9.83. The Morgan fingerprint density at radius 1 is 1.58 bits per heavy atom. The highest BCUT2D eigenvalue weighted by Gasteiger charge is 2.17. The molecule has 1 rings (SSSR count). The van der Waals surface area contributed by atoms with Crippen molar-refractivity contribution in [2.45, 2.75) is 18.6 Å². The van der Waals surface area contributed by atoms with E-state index < -0.39 is 11.2 Å². The van der Waals surface area contributed by atoms with Crippen LogP contribution in [0.5, 0.6) is 0 Å². The van der Waals surface area contributed by atoms with Crippen molar-refractivity contribution in [3.05, 3.63) is 5.89 Å². The first-order valence-corrected chi connectivity index (χ1v) is 5.34. The number of hydrogen-bond acceptors (Lipinski definition) is 4. The van der Waals surface area contributed by atoms with Crippen molar-refractivity contribution in [3.8, 4) is 0 Å². The zero-order valence-electron chi connectivity index (χ0n) is 6.62. The fourth-order valence-electron chi connectivity index (χ4n) is 0.643. The van der Waals surface area contributed by atoms with E-state index in [-0.39, 0.29) is 5.22 Å². The van der Waals surface area contributed by atoms with Gasteiger partial charge in [0.2, 0.25) is 5.89 Å². The normalized spacial score (nSPS) is 13.2. The number of hydrogen-bond donors (Lipinski definition) is 0. The van der Waals surface area contributed by atoms with E-state index in [4.69, 9.17) is 16.0 Å². The minimum atomic E-state index is -1.19. The van der Waals surface area contributed by atoms with Crippen LogP contribution >= 0.6 is 11.6 Å². The summed E-state index contributed by atoms with van der Waals surface area (Å²) in [6.45, 7) is 1.66. The highest BCUT2D eigenvalue weighted by Crippen LogP contribution is 2.09. The van der Waals surface area contributed by atoms with Crippen LogP contribution in [0.4, 0.5) is 0 Å². The van der Waals surface area contributed by atoms with Crippen LogP contribution < -0.4 is 0 Å². The number of nitrogens with zero attached hydrogens (tertiary/aromatic N) is 2. The van der Waals surface area contributed by atoms with Gasteiger partial charge in [-0.15, -0.1) is 16.7 Å². The molecule has 68 valence electrons. The summed E-state index contributed by atoms with van der Waals surface area (Å²) in [6, 6.07) is 0. The van der Waals surface area contributed by atoms with Crippen LogP contribution in [-0.2, 0) is 11.2 Å². The molecule has 0 saturated heterocycles. The standard InChI is InChI=1S/C6H9ClN2O2S/c1-5-8-9-6(11-5)12(10)4-2-3-7/h2-4H2,1H3. The van der Waals surface area contributed by atoms with Gasteiger partial charge in [0.15, 0.2) is 0 Å². The maximum Gasteiger partial charge on any atom is 0.435 e. The molecule has 0 bridgehead atoms. The summed E-state index contributed by atoms with van der Waals surface area (Å²) in [5.74, 6) is 1.41. The molecule has 1 atom stereocenters. The maximum absolute atomic E-state index is 11.3. The molecular formula is C6H9ClN2O2S. The van der Waals surface area contributed by atoms with Gasteiger partial charge in [-0.2, -0.15) is 0 Å². The van der Waals surface area contributed by atoms with Gasteiger partial charge in [0.1, 0.15) is 5.75 Å². The Labute approximate surface area is 78.5 Å². The van der Waals surface area contributed by atoms with E-state index in [1.807, 2.05) is 0 Å². The number of alkyl halides is 1. The maximum atomic E-state index is 11.3. The molecule has 0 radical (unpaired) electrons. The molecule has 0 aliphatic rings. The summed E-state index contributed by atoms with van der Waals surface area (Å²) >= 11 is 4.25. The SMILES string of the molecule is Cc1nnc([S+]([O-])CCCCl)o1. The Balaban J connectivity index is 2.47. The topological polar surface area (TPSA) is 62.0 Å². The third-order valence-corrected chi connectivity index (χ3v) is 2.65. The van der Waals surface area contributed by atoms with Crippen molar-refractivity contribution in [2.75, 3.05) is 11.6 Å². The van der Waals surface area contributed by atoms with Gasteiger partial charge >= 0.3 is 5.22 Å². The first-order chi connectivity index (χ1) is 5.74. The van der Waals surface area contributed by atoms with Crippen molar-refractivity contribution in [2.24, 2.45) is 0 Å². The fourth-order valence-corrected chi connectivity index (χ4v) is 1.86. The van der Waals surface area contributed by atoms with Crippen molar-refractivity contribution in [3.63, 3.8) is 0 Å². The Morgan fingerprint density at radius 3 is 2.83 bits per heavy atom. The lowest BCUT2D eigenvalue weighted by molar-refractivity contribution is 0.409. The average molecular weight is 209 g/mol. The predicted octanol–water partition coefficient (Wildman–Crippen LogP) is 1.11. The van der Waals surface area contributed by atoms with Crippen LogP contribution in [0.2, 0.25) is 0 Å². The van der Waals surface area contributed by atoms with Crippen LogP contribution in [0.1, 0.15) is 12.3 Å². The monoisotopic (exact) mass is 208 g/mol. The second-order valence-electron chi connectivity index (χ2n) is 2.18. The molecule has 0 aliphatic heterocycles. The van der Waals surface area contributed by atoms with Gasteiger partial charge in [-0.25, -0.2) is 0 Å². The summed E-state index contributed by atoms with van der Waals surface area (Å²) < 4.78 is 16.2. The molecule has 0 aliphatic carbocycles. The van der Waals surface area contributed by atoms with Gasteiger partial charge in [-0.3, -0.25) is 0 Å². The Morgan fingerprint density at radius 2 is 2.33 bits per heavy atom. The molecule has 0 fully saturated rings. The van der Waals surface area contributed by atoms with E-state index in [1.165, 1.54) is 0 Å². The molecular weight excluding hydrogens is 200 g/mol. The number of aromatic nitrogens is 2. The van der Waals surface area contributed by atoms with E-state index >= 15 is 0 Å². The molecule has 0 N–H and O–H groups in total. The minimum absolute atomic E-state index is 0.192. The van der Waals surface area contributed by atoms with Gasteiger partial charge in [-0.1, -0.05) is 5.10 Å². The van der Waals surface area contributed by atoms with E-state index in [9.17, 15) is 4.55 Å². The van der Waals surface area contributed by atoms with Crippen LogP contribution in [0.3, 0.4) is 0 Å². The molecule has 4 nitrogen and oxygen atoms in total. The quantitative estimate of drug-likeness (QED) is 0.550. The van der Waals surface area contributed by atoms with E-state index in [0.717, 1.165) is 0 Å². The molecule has 0 spiro atoms. The van der Waals surface area contributed by atoms with Crippen LogP contribution in [0, 0.1) is 6.92 Å². The van der Waals surface area contributed by atoms with Crippen LogP contribution in [0.25, 0.3) is 0 Å². The lowest BCUT2D eigenvalue weighted by atomic mass is 10.6. The van der Waals surface area contributed by atoms with Crippen molar-refractivity contribution < 1.29 is 8.97 Å². The van der Waals surface area contributed by atoms with Gasteiger partial charge < -0.3 is 8.97 Å². The Kier molecular flexibility index (Phi) is 3.84. The number of halogens is 1. The van der Waals surface area contributed by atoms with Gasteiger partial charge in [-0.05, 0) is 0 Å². The van der Waals surface area contributed by atoms with Crippen LogP contribution in [-0.4, -0.2) is 26.4 Å². The highest BCUT2D eigenvalue weighted by molar-refractivity contribution is 7.91. The summed E-state index contributed by atoms with van der Waals surface area (Å²) in [7, 11) is 0. The summed E-state index contributed by atoms with van der Waals surface area (Å²) in [6.07, 6.45) is 0.690. The smallest absolute Gasteiger partial charge is 0.435 e. The van der Waals surface area contributed by atoms with Crippen LogP contribution in [0.15, 0.2) is 9.64 Å². The largest absolute Gasteiger partial charge is 0.608 e. The summed E-state index contributed by atoms with van der Waals surface area (Å²) in [5, 5.41) is 7.40. The average Bonchev–Trinajstić information content (AvgIpc) is 2.47. The minimum Gasteiger partial charge on any atom is -0.608 e. The zero-order valence-corrected chi connectivity index (χ0v) is 8.19. The Hall–Kier alpha value is -0.260. The number of aryl methyl sites for hydroxylation is 1. The highest BCUT2D eigenvalue weighted by atomic mass is 35.5. The molecule has 6 heteroatoms. The van der Waals surface area contributed by atoms with Gasteiger partial charge in [0, 0.05) is 30.4 Å². The molecule has 0 amide bonds. The van der Waals surface area contributed by atoms with Crippen molar-refractivity contribution in [1.29, 1.82) is 0 Å². The van der Waals surface area contributed by atoms with E-state index in [2.05, 4.69) is 10.2 Å². The second kappa shape index (κ2) is 4.69. The summed E-state index contributed by atoms with van der Waals surface area (Å²) in [4.78, 5) is 0. The third kappa shape index (κ3) is 2.66. The second-order valence-corrected chi connectivity index (χ2v) is 4.01. The zero-order chi connectivity index (χ0) is 8.97. The first-order valence-electron chi connectivity index (χ1n) is 3.48. The number of rotatable bonds is 4. The molecule has 0 aromatic carbocycles. The Bertz CT molecular complexity index is 243. The van der Waals surface area contributed by atoms with Crippen molar-refractivity contribution >= 4 is 22.8 Å². The predicted molar refractivity (Wildman–Crippen MR) is 45.6 cm³/mol. The molecule has 1 aromatic rings. The molecule has 12 heavy (non-hydrogen) atoms. The van der Waals surface area contributed by atoms with E-state index in [0.29, 0.717) is 23.9 Å². The molecule has 1 unspecified atom stereocenters. The molecule has 1 aromatic heterocycles. The van der Waals surface area contributed by atoms with E-state index in [1.54, 1.807) is 6.92 Å². The van der Waals surface area contributed by atoms with Crippen molar-refractivity contribution in [1.82, 2.24) is 10.2 Å². The summed E-state index contributed by atoms with van der Waals surface area (Å²) in [5.41, 5.74) is 0. The molecule has 1 heterocycles. The fraction of sp³-hybridized carbons (Fsp3) is 0.667. The van der Waals surface area contributed by atoms with Gasteiger partial charge in [0.05, 0.1) is 0 Å². The molecule has 0 saturated carbocycles. The lowest BCUT2D eigenvalue weighted by Gasteiger charge is -2.01. The van der Waals surface area contributed by atoms with Gasteiger partial charge in [0.25, 0.3) is 0 Å². The third-order valence-electron chi connectivity index (χ3n) is 1.17.